The van der Waals surface area contributed by atoms with Crippen molar-refractivity contribution in [1.29, 1.82) is 0 Å². The highest BCUT2D eigenvalue weighted by Crippen LogP contribution is 2.25. The van der Waals surface area contributed by atoms with Crippen LogP contribution >= 0.6 is 11.6 Å². The van der Waals surface area contributed by atoms with Crippen LogP contribution in [0.25, 0.3) is 0 Å². The summed E-state index contributed by atoms with van der Waals surface area (Å²) in [5.41, 5.74) is -0.0330. The van der Waals surface area contributed by atoms with Crippen LogP contribution in [0.2, 0.25) is 5.02 Å². The van der Waals surface area contributed by atoms with Gasteiger partial charge in [-0.05, 0) is 19.2 Å². The van der Waals surface area contributed by atoms with E-state index in [1.54, 1.807) is 11.0 Å². The van der Waals surface area contributed by atoms with Gasteiger partial charge in [0.25, 0.3) is 5.91 Å². The topological polar surface area (TPSA) is 32.8 Å². The largest absolute Gasteiger partial charge is 0.379 e. The zero-order valence-corrected chi connectivity index (χ0v) is 12.6. The average molecular weight is 313 g/mol. The zero-order valence-electron chi connectivity index (χ0n) is 11.9. The lowest BCUT2D eigenvalue weighted by atomic mass is 10.1. The molecule has 0 aliphatic carbocycles. The second kappa shape index (κ2) is 5.91. The predicted molar refractivity (Wildman–Crippen MR) is 78.0 cm³/mol. The molecule has 2 bridgehead atoms. The molecule has 21 heavy (non-hydrogen) atoms. The molecule has 4 nitrogen and oxygen atoms in total. The second-order valence-electron chi connectivity index (χ2n) is 5.83. The van der Waals surface area contributed by atoms with Crippen LogP contribution in [0.1, 0.15) is 10.4 Å². The second-order valence-corrected chi connectivity index (χ2v) is 6.24. The molecule has 2 saturated heterocycles. The molecular weight excluding hydrogens is 295 g/mol. The fourth-order valence-corrected chi connectivity index (χ4v) is 3.42. The molecule has 0 radical (unpaired) electrons. The number of nitrogens with zero attached hydrogens (tertiary/aromatic N) is 2. The first kappa shape index (κ1) is 14.8. The highest BCUT2D eigenvalue weighted by Gasteiger charge is 2.36. The quantitative estimate of drug-likeness (QED) is 0.794. The zero-order chi connectivity index (χ0) is 15.0. The Labute approximate surface area is 128 Å². The summed E-state index contributed by atoms with van der Waals surface area (Å²) in [6, 6.07) is 4.26. The highest BCUT2D eigenvalue weighted by atomic mass is 35.5. The SMILES string of the molecule is CN1C[C@@H]2COC[C@H](C1)N(C(=O)c1c(F)cccc1Cl)C2. The van der Waals surface area contributed by atoms with Gasteiger partial charge in [0, 0.05) is 25.6 Å². The van der Waals surface area contributed by atoms with E-state index in [4.69, 9.17) is 16.3 Å². The minimum Gasteiger partial charge on any atom is -0.379 e. The third-order valence-corrected chi connectivity index (χ3v) is 4.40. The first-order valence-corrected chi connectivity index (χ1v) is 7.45. The molecule has 2 aliphatic heterocycles. The van der Waals surface area contributed by atoms with E-state index in [1.807, 2.05) is 7.05 Å². The van der Waals surface area contributed by atoms with Crippen LogP contribution in [0.3, 0.4) is 0 Å². The molecule has 0 aromatic heterocycles. The highest BCUT2D eigenvalue weighted by molar-refractivity contribution is 6.33. The fraction of sp³-hybridized carbons (Fsp3) is 0.533. The summed E-state index contributed by atoms with van der Waals surface area (Å²) in [6.45, 7) is 3.31. The Kier molecular flexibility index (Phi) is 4.15. The first-order chi connectivity index (χ1) is 10.1. The Morgan fingerprint density at radius 1 is 1.33 bits per heavy atom. The maximum absolute atomic E-state index is 14.0. The van der Waals surface area contributed by atoms with E-state index in [0.717, 1.165) is 13.1 Å². The molecule has 1 amide bonds. The van der Waals surface area contributed by atoms with E-state index in [9.17, 15) is 9.18 Å². The van der Waals surface area contributed by atoms with Crippen LogP contribution in [-0.2, 0) is 4.74 Å². The number of carbonyl (C=O) groups excluding carboxylic acids is 1. The molecule has 0 N–H and O–H groups in total. The van der Waals surface area contributed by atoms with E-state index < -0.39 is 5.82 Å². The molecule has 2 aliphatic rings. The molecule has 1 aromatic rings. The van der Waals surface area contributed by atoms with Crippen molar-refractivity contribution in [2.24, 2.45) is 5.92 Å². The van der Waals surface area contributed by atoms with Gasteiger partial charge in [-0.2, -0.15) is 0 Å². The van der Waals surface area contributed by atoms with E-state index in [0.29, 0.717) is 19.8 Å². The van der Waals surface area contributed by atoms with Crippen LogP contribution in [0, 0.1) is 11.7 Å². The molecule has 2 atom stereocenters. The maximum Gasteiger partial charge on any atom is 0.258 e. The van der Waals surface area contributed by atoms with Crippen molar-refractivity contribution in [1.82, 2.24) is 9.80 Å². The lowest BCUT2D eigenvalue weighted by molar-refractivity contribution is 0.0481. The van der Waals surface area contributed by atoms with Gasteiger partial charge in [-0.1, -0.05) is 17.7 Å². The normalized spacial score (nSPS) is 26.5. The van der Waals surface area contributed by atoms with Gasteiger partial charge in [0.05, 0.1) is 29.8 Å². The van der Waals surface area contributed by atoms with E-state index in [1.165, 1.54) is 12.1 Å². The van der Waals surface area contributed by atoms with Crippen LogP contribution in [0.15, 0.2) is 18.2 Å². The average Bonchev–Trinajstić information content (AvgIpc) is 2.68. The smallest absolute Gasteiger partial charge is 0.258 e. The van der Waals surface area contributed by atoms with Gasteiger partial charge in [-0.15, -0.1) is 0 Å². The summed E-state index contributed by atoms with van der Waals surface area (Å²) in [4.78, 5) is 16.7. The Morgan fingerprint density at radius 3 is 2.90 bits per heavy atom. The van der Waals surface area contributed by atoms with Gasteiger partial charge < -0.3 is 14.5 Å². The molecule has 114 valence electrons. The van der Waals surface area contributed by atoms with Crippen molar-refractivity contribution < 1.29 is 13.9 Å². The standard InChI is InChI=1S/C15H18ClFN2O2/c1-18-5-10-6-19(11(7-18)9-21-8-10)15(20)14-12(16)3-2-4-13(14)17/h2-4,10-11H,5-9H2,1H3/t10-,11-/m0/s1. The van der Waals surface area contributed by atoms with Gasteiger partial charge in [0.15, 0.2) is 0 Å². The number of fused-ring (bicyclic) bond motifs is 3. The van der Waals surface area contributed by atoms with Crippen molar-refractivity contribution in [2.75, 3.05) is 39.9 Å². The minimum atomic E-state index is -0.569. The number of halogens is 2. The number of carbonyl (C=O) groups is 1. The van der Waals surface area contributed by atoms with Crippen molar-refractivity contribution in [3.63, 3.8) is 0 Å². The summed E-state index contributed by atoms with van der Waals surface area (Å²) in [7, 11) is 2.04. The van der Waals surface area contributed by atoms with Crippen molar-refractivity contribution in [3.05, 3.63) is 34.6 Å². The summed E-state index contributed by atoms with van der Waals surface area (Å²) in [5.74, 6) is -0.661. The Hall–Kier alpha value is -1.17. The van der Waals surface area contributed by atoms with Crippen molar-refractivity contribution in [2.45, 2.75) is 6.04 Å². The summed E-state index contributed by atoms with van der Waals surface area (Å²) in [5, 5.41) is 0.160. The third kappa shape index (κ3) is 2.91. The maximum atomic E-state index is 14.0. The Balaban J connectivity index is 1.93. The van der Waals surface area contributed by atoms with Gasteiger partial charge in [0.1, 0.15) is 5.82 Å². The van der Waals surface area contributed by atoms with E-state index >= 15 is 0 Å². The molecule has 6 heteroatoms. The predicted octanol–water partition coefficient (Wildman–Crippen LogP) is 1.88. The molecule has 1 aromatic carbocycles. The number of benzene rings is 1. The van der Waals surface area contributed by atoms with Crippen LogP contribution in [0.5, 0.6) is 0 Å². The Bertz CT molecular complexity index is 534. The summed E-state index contributed by atoms with van der Waals surface area (Å²) < 4.78 is 19.6. The van der Waals surface area contributed by atoms with Crippen molar-refractivity contribution >= 4 is 17.5 Å². The Morgan fingerprint density at radius 2 is 2.14 bits per heavy atom. The lowest BCUT2D eigenvalue weighted by Gasteiger charge is -2.30. The van der Waals surface area contributed by atoms with Gasteiger partial charge in [-0.3, -0.25) is 4.79 Å². The van der Waals surface area contributed by atoms with Crippen molar-refractivity contribution in [3.8, 4) is 0 Å². The molecule has 0 spiro atoms. The molecule has 2 heterocycles. The first-order valence-electron chi connectivity index (χ1n) is 7.07. The molecule has 0 saturated carbocycles. The summed E-state index contributed by atoms with van der Waals surface area (Å²) in [6.07, 6.45) is 0. The number of amides is 1. The molecule has 2 fully saturated rings. The van der Waals surface area contributed by atoms with Crippen LogP contribution in [-0.4, -0.2) is 61.6 Å². The van der Waals surface area contributed by atoms with Crippen LogP contribution in [0.4, 0.5) is 4.39 Å². The minimum absolute atomic E-state index is 0.0330. The number of hydrogen-bond donors (Lipinski definition) is 0. The van der Waals surface area contributed by atoms with E-state index in [2.05, 4.69) is 4.90 Å². The molecule has 3 rings (SSSR count). The van der Waals surface area contributed by atoms with Gasteiger partial charge >= 0.3 is 0 Å². The molecule has 0 unspecified atom stereocenters. The number of hydrogen-bond acceptors (Lipinski definition) is 3. The fourth-order valence-electron chi connectivity index (χ4n) is 3.17. The van der Waals surface area contributed by atoms with Gasteiger partial charge in [0.2, 0.25) is 0 Å². The molecular formula is C15H18ClFN2O2. The number of likely N-dealkylation sites (N-methyl/N-ethyl adjacent to an activating group) is 1. The van der Waals surface area contributed by atoms with Crippen LogP contribution < -0.4 is 0 Å². The van der Waals surface area contributed by atoms with Gasteiger partial charge in [-0.25, -0.2) is 4.39 Å². The summed E-state index contributed by atoms with van der Waals surface area (Å²) >= 11 is 6.03. The van der Waals surface area contributed by atoms with E-state index in [-0.39, 0.29) is 28.5 Å². The number of rotatable bonds is 1. The lowest BCUT2D eigenvalue weighted by Crippen LogP contribution is -2.46. The number of ether oxygens (including phenoxy) is 1. The monoisotopic (exact) mass is 312 g/mol. The third-order valence-electron chi connectivity index (χ3n) is 4.09.